The molecule has 2 fully saturated rings. The maximum atomic E-state index is 13.3. The van der Waals surface area contributed by atoms with Crippen LogP contribution in [0.1, 0.15) is 48.5 Å². The lowest BCUT2D eigenvalue weighted by atomic mass is 10.00. The molecule has 3 amide bonds. The second-order valence-corrected chi connectivity index (χ2v) is 8.14. The zero-order chi connectivity index (χ0) is 19.1. The third-order valence-corrected chi connectivity index (χ3v) is 6.11. The number of piperidine rings is 1. The number of nitrogens with zero attached hydrogens (tertiary/aromatic N) is 3. The van der Waals surface area contributed by atoms with E-state index in [-0.39, 0.29) is 24.3 Å². The maximum Gasteiger partial charge on any atom is 0.256 e. The normalized spacial score (nSPS) is 25.3. The van der Waals surface area contributed by atoms with Gasteiger partial charge < -0.3 is 14.7 Å². The lowest BCUT2D eigenvalue weighted by molar-refractivity contribution is -0.133. The van der Waals surface area contributed by atoms with E-state index in [0.29, 0.717) is 30.1 Å². The zero-order valence-electron chi connectivity index (χ0n) is 16.1. The smallest absolute Gasteiger partial charge is 0.256 e. The van der Waals surface area contributed by atoms with Crippen molar-refractivity contribution in [2.45, 2.75) is 45.6 Å². The summed E-state index contributed by atoms with van der Waals surface area (Å²) in [5, 5.41) is 0. The molecular weight excluding hydrogens is 342 g/mol. The van der Waals surface area contributed by atoms with Crippen LogP contribution in [0, 0.1) is 12.8 Å². The molecule has 1 aromatic carbocycles. The van der Waals surface area contributed by atoms with Crippen LogP contribution in [0.2, 0.25) is 0 Å². The van der Waals surface area contributed by atoms with Gasteiger partial charge in [-0.3, -0.25) is 14.4 Å². The number of para-hydroxylation sites is 1. The van der Waals surface area contributed by atoms with Gasteiger partial charge in [0.05, 0.1) is 11.3 Å². The highest BCUT2D eigenvalue weighted by Gasteiger charge is 2.43. The monoisotopic (exact) mass is 369 g/mol. The Morgan fingerprint density at radius 1 is 1.15 bits per heavy atom. The van der Waals surface area contributed by atoms with Gasteiger partial charge in [-0.1, -0.05) is 19.1 Å². The van der Waals surface area contributed by atoms with Crippen LogP contribution in [-0.2, 0) is 9.59 Å². The molecule has 0 aromatic heterocycles. The second kappa shape index (κ2) is 6.98. The van der Waals surface area contributed by atoms with Crippen LogP contribution in [0.15, 0.2) is 18.2 Å². The van der Waals surface area contributed by atoms with Crippen molar-refractivity contribution < 1.29 is 14.4 Å². The Morgan fingerprint density at radius 3 is 2.70 bits per heavy atom. The van der Waals surface area contributed by atoms with Crippen molar-refractivity contribution >= 4 is 23.4 Å². The van der Waals surface area contributed by atoms with Gasteiger partial charge in [0.2, 0.25) is 11.8 Å². The fourth-order valence-corrected chi connectivity index (χ4v) is 4.71. The molecule has 0 bridgehead atoms. The molecule has 3 heterocycles. The van der Waals surface area contributed by atoms with Crippen LogP contribution in [0.3, 0.4) is 0 Å². The van der Waals surface area contributed by atoms with E-state index in [1.807, 2.05) is 24.0 Å². The summed E-state index contributed by atoms with van der Waals surface area (Å²) < 4.78 is 0. The van der Waals surface area contributed by atoms with Crippen molar-refractivity contribution in [3.63, 3.8) is 0 Å². The molecule has 0 N–H and O–H groups in total. The number of hydrogen-bond donors (Lipinski definition) is 0. The number of fused-ring (bicyclic) bond motifs is 2. The number of aryl methyl sites for hydroxylation is 1. The standard InChI is InChI=1S/C21H27N3O3/c1-14-6-4-10-22(12-14)18(25)13-24-19-15(2)7-3-8-16(19)20(26)23-11-5-9-17(23)21(24)27/h3,7-8,14,17H,4-6,9-13H2,1-2H3/t14-,17+/m0/s1. The van der Waals surface area contributed by atoms with E-state index in [9.17, 15) is 14.4 Å². The number of benzene rings is 1. The molecular formula is C21H27N3O3. The summed E-state index contributed by atoms with van der Waals surface area (Å²) in [4.78, 5) is 44.5. The number of rotatable bonds is 2. The Morgan fingerprint density at radius 2 is 1.93 bits per heavy atom. The van der Waals surface area contributed by atoms with Crippen LogP contribution in [0.5, 0.6) is 0 Å². The van der Waals surface area contributed by atoms with Crippen LogP contribution >= 0.6 is 0 Å². The van der Waals surface area contributed by atoms with Gasteiger partial charge in [0.25, 0.3) is 5.91 Å². The summed E-state index contributed by atoms with van der Waals surface area (Å²) in [6.07, 6.45) is 3.64. The van der Waals surface area contributed by atoms with Gasteiger partial charge in [0, 0.05) is 19.6 Å². The van der Waals surface area contributed by atoms with Crippen molar-refractivity contribution in [3.05, 3.63) is 29.3 Å². The van der Waals surface area contributed by atoms with Crippen molar-refractivity contribution in [2.75, 3.05) is 31.1 Å². The molecule has 3 aliphatic heterocycles. The highest BCUT2D eigenvalue weighted by molar-refractivity contribution is 6.13. The summed E-state index contributed by atoms with van der Waals surface area (Å²) in [7, 11) is 0. The minimum absolute atomic E-state index is 0.0149. The average Bonchev–Trinajstić information content (AvgIpc) is 3.12. The topological polar surface area (TPSA) is 60.9 Å². The molecule has 0 spiro atoms. The molecule has 144 valence electrons. The van der Waals surface area contributed by atoms with E-state index in [1.54, 1.807) is 15.9 Å². The molecule has 0 saturated carbocycles. The van der Waals surface area contributed by atoms with Gasteiger partial charge in [-0.25, -0.2) is 0 Å². The summed E-state index contributed by atoms with van der Waals surface area (Å²) in [6, 6.07) is 5.08. The third-order valence-electron chi connectivity index (χ3n) is 6.11. The molecule has 2 saturated heterocycles. The molecule has 0 unspecified atom stereocenters. The molecule has 1 aromatic rings. The van der Waals surface area contributed by atoms with Crippen molar-refractivity contribution in [3.8, 4) is 0 Å². The fourth-order valence-electron chi connectivity index (χ4n) is 4.71. The zero-order valence-corrected chi connectivity index (χ0v) is 16.1. The predicted molar refractivity (Wildman–Crippen MR) is 103 cm³/mol. The van der Waals surface area contributed by atoms with E-state index in [2.05, 4.69) is 6.92 Å². The number of amides is 3. The molecule has 6 nitrogen and oxygen atoms in total. The Balaban J connectivity index is 1.69. The molecule has 3 aliphatic rings. The van der Waals surface area contributed by atoms with E-state index in [4.69, 9.17) is 0 Å². The number of carbonyl (C=O) groups is 3. The van der Waals surface area contributed by atoms with E-state index in [1.165, 1.54) is 0 Å². The minimum atomic E-state index is -0.447. The predicted octanol–water partition coefficient (Wildman–Crippen LogP) is 2.20. The first-order chi connectivity index (χ1) is 13.0. The summed E-state index contributed by atoms with van der Waals surface area (Å²) in [6.45, 7) is 6.17. The highest BCUT2D eigenvalue weighted by Crippen LogP contribution is 2.34. The Kier molecular flexibility index (Phi) is 4.66. The lowest BCUT2D eigenvalue weighted by Crippen LogP contribution is -2.50. The average molecular weight is 369 g/mol. The van der Waals surface area contributed by atoms with Crippen LogP contribution in [0.25, 0.3) is 0 Å². The van der Waals surface area contributed by atoms with E-state index < -0.39 is 6.04 Å². The summed E-state index contributed by atoms with van der Waals surface area (Å²) in [5.74, 6) is 0.254. The van der Waals surface area contributed by atoms with Gasteiger partial charge in [-0.2, -0.15) is 0 Å². The lowest BCUT2D eigenvalue weighted by Gasteiger charge is -2.33. The largest absolute Gasteiger partial charge is 0.341 e. The fraction of sp³-hybridized carbons (Fsp3) is 0.571. The number of carbonyl (C=O) groups excluding carboxylic acids is 3. The molecule has 0 radical (unpaired) electrons. The summed E-state index contributed by atoms with van der Waals surface area (Å²) in [5.41, 5.74) is 2.00. The van der Waals surface area contributed by atoms with Gasteiger partial charge in [-0.05, 0) is 50.2 Å². The molecule has 4 rings (SSSR count). The quantitative estimate of drug-likeness (QED) is 0.803. The van der Waals surface area contributed by atoms with Gasteiger partial charge >= 0.3 is 0 Å². The first-order valence-corrected chi connectivity index (χ1v) is 9.97. The minimum Gasteiger partial charge on any atom is -0.341 e. The number of hydrogen-bond acceptors (Lipinski definition) is 3. The van der Waals surface area contributed by atoms with Crippen molar-refractivity contribution in [2.24, 2.45) is 5.92 Å². The Labute approximate surface area is 160 Å². The van der Waals surface area contributed by atoms with E-state index in [0.717, 1.165) is 37.9 Å². The third kappa shape index (κ3) is 3.11. The van der Waals surface area contributed by atoms with E-state index >= 15 is 0 Å². The molecule has 6 heteroatoms. The first kappa shape index (κ1) is 18.0. The molecule has 2 atom stereocenters. The van der Waals surface area contributed by atoms with Crippen molar-refractivity contribution in [1.82, 2.24) is 9.80 Å². The van der Waals surface area contributed by atoms with Crippen LogP contribution in [-0.4, -0.2) is 59.7 Å². The highest BCUT2D eigenvalue weighted by atomic mass is 16.2. The SMILES string of the molecule is Cc1cccc2c1N(CC(=O)N1CCC[C@H](C)C1)C(=O)[C@H]1CCCN1C2=O. The van der Waals surface area contributed by atoms with Gasteiger partial charge in [-0.15, -0.1) is 0 Å². The van der Waals surface area contributed by atoms with Crippen LogP contribution < -0.4 is 4.90 Å². The van der Waals surface area contributed by atoms with Crippen LogP contribution in [0.4, 0.5) is 5.69 Å². The second-order valence-electron chi connectivity index (χ2n) is 8.14. The molecule has 0 aliphatic carbocycles. The first-order valence-electron chi connectivity index (χ1n) is 9.97. The van der Waals surface area contributed by atoms with Gasteiger partial charge in [0.15, 0.2) is 0 Å². The molecule has 27 heavy (non-hydrogen) atoms. The maximum absolute atomic E-state index is 13.3. The number of anilines is 1. The van der Waals surface area contributed by atoms with Gasteiger partial charge in [0.1, 0.15) is 12.6 Å². The number of likely N-dealkylation sites (tertiary alicyclic amines) is 1. The van der Waals surface area contributed by atoms with Crippen molar-refractivity contribution in [1.29, 1.82) is 0 Å². The Bertz CT molecular complexity index is 791. The summed E-state index contributed by atoms with van der Waals surface area (Å²) >= 11 is 0. The Hall–Kier alpha value is -2.37.